The van der Waals surface area contributed by atoms with Crippen molar-refractivity contribution in [1.82, 2.24) is 35.0 Å². The highest BCUT2D eigenvalue weighted by Gasteiger charge is 2.17. The lowest BCUT2D eigenvalue weighted by Crippen LogP contribution is -2.23. The van der Waals surface area contributed by atoms with E-state index in [9.17, 15) is 9.59 Å². The molecule has 0 aliphatic carbocycles. The normalized spacial score (nSPS) is 11.2. The van der Waals surface area contributed by atoms with Crippen molar-refractivity contribution < 1.29 is 4.79 Å². The number of nitrogens with one attached hydrogen (secondary N) is 1. The number of rotatable bonds is 6. The third kappa shape index (κ3) is 4.32. The van der Waals surface area contributed by atoms with Crippen LogP contribution >= 0.6 is 11.8 Å². The van der Waals surface area contributed by atoms with Gasteiger partial charge in [-0.15, -0.1) is 5.10 Å². The molecule has 0 aliphatic heterocycles. The summed E-state index contributed by atoms with van der Waals surface area (Å²) < 4.78 is 2.96. The van der Waals surface area contributed by atoms with Gasteiger partial charge in [0, 0.05) is 11.8 Å². The van der Waals surface area contributed by atoms with Crippen LogP contribution in [-0.4, -0.2) is 41.7 Å². The first-order chi connectivity index (χ1) is 16.7. The quantitative estimate of drug-likeness (QED) is 0.231. The van der Waals surface area contributed by atoms with E-state index in [0.29, 0.717) is 21.4 Å². The van der Waals surface area contributed by atoms with Crippen molar-refractivity contribution in [2.75, 3.05) is 0 Å². The van der Waals surface area contributed by atoms with E-state index in [1.54, 1.807) is 53.3 Å². The zero-order chi connectivity index (χ0) is 23.3. The number of hydrogen-bond donors (Lipinski definition) is 1. The lowest BCUT2D eigenvalue weighted by atomic mass is 10.2. The van der Waals surface area contributed by atoms with Crippen molar-refractivity contribution in [3.63, 3.8) is 0 Å². The minimum atomic E-state index is -0.395. The Morgan fingerprint density at radius 2 is 1.71 bits per heavy atom. The van der Waals surface area contributed by atoms with Gasteiger partial charge in [0.1, 0.15) is 10.7 Å². The van der Waals surface area contributed by atoms with E-state index in [-0.39, 0.29) is 11.1 Å². The minimum Gasteiger partial charge on any atom is -0.268 e. The van der Waals surface area contributed by atoms with Crippen LogP contribution < -0.4 is 11.0 Å². The van der Waals surface area contributed by atoms with Gasteiger partial charge in [0.25, 0.3) is 11.5 Å². The maximum atomic E-state index is 13.2. The molecular formula is C23H16N8O2S. The first-order valence-corrected chi connectivity index (χ1v) is 10.9. The predicted octanol–water partition coefficient (Wildman–Crippen LogP) is 2.59. The smallest absolute Gasteiger partial charge is 0.268 e. The molecule has 0 unspecified atom stereocenters. The Kier molecular flexibility index (Phi) is 5.91. The van der Waals surface area contributed by atoms with Gasteiger partial charge in [0.05, 0.1) is 17.5 Å². The second-order valence-corrected chi connectivity index (χ2v) is 7.90. The van der Waals surface area contributed by atoms with E-state index in [2.05, 4.69) is 31.0 Å². The third-order valence-corrected chi connectivity index (χ3v) is 5.70. The van der Waals surface area contributed by atoms with E-state index < -0.39 is 5.91 Å². The monoisotopic (exact) mass is 468 g/mol. The summed E-state index contributed by atoms with van der Waals surface area (Å²) in [6, 6.07) is 23.3. The van der Waals surface area contributed by atoms with E-state index in [0.717, 1.165) is 17.4 Å². The molecule has 5 rings (SSSR count). The van der Waals surface area contributed by atoms with Crippen molar-refractivity contribution in [3.8, 4) is 5.69 Å². The Morgan fingerprint density at radius 3 is 2.50 bits per heavy atom. The van der Waals surface area contributed by atoms with Gasteiger partial charge in [-0.05, 0) is 58.6 Å². The van der Waals surface area contributed by atoms with Crippen molar-refractivity contribution >= 4 is 29.5 Å². The largest absolute Gasteiger partial charge is 0.271 e. The van der Waals surface area contributed by atoms with Crippen molar-refractivity contribution in [2.45, 2.75) is 10.2 Å². The Labute approximate surface area is 197 Å². The topological polar surface area (TPSA) is 119 Å². The van der Waals surface area contributed by atoms with Gasteiger partial charge in [-0.25, -0.2) is 10.4 Å². The van der Waals surface area contributed by atoms with Gasteiger partial charge in [-0.2, -0.15) is 9.78 Å². The maximum Gasteiger partial charge on any atom is 0.271 e. The highest BCUT2D eigenvalue weighted by atomic mass is 32.2. The van der Waals surface area contributed by atoms with Crippen LogP contribution in [0, 0.1) is 0 Å². The van der Waals surface area contributed by atoms with Gasteiger partial charge in [-0.1, -0.05) is 42.5 Å². The molecule has 0 bridgehead atoms. The number of tetrazole rings is 1. The molecule has 0 saturated carbocycles. The molecule has 34 heavy (non-hydrogen) atoms. The van der Waals surface area contributed by atoms with Crippen LogP contribution in [0.2, 0.25) is 0 Å². The number of benzene rings is 2. The molecule has 11 heteroatoms. The summed E-state index contributed by atoms with van der Waals surface area (Å²) in [6.07, 6.45) is 2.90. The molecule has 0 radical (unpaired) electrons. The molecule has 1 N–H and O–H groups in total. The Morgan fingerprint density at radius 1 is 0.971 bits per heavy atom. The molecule has 5 aromatic rings. The SMILES string of the molecule is O=C(N/N=C/c1c(Sc2nnnn2-c2ccccc2)nc2ccccn2c1=O)c1ccccc1. The average molecular weight is 469 g/mol. The highest BCUT2D eigenvalue weighted by Crippen LogP contribution is 2.27. The van der Waals surface area contributed by atoms with Gasteiger partial charge in [0.2, 0.25) is 5.16 Å². The lowest BCUT2D eigenvalue weighted by molar-refractivity contribution is 0.0955. The molecule has 0 fully saturated rings. The molecule has 10 nitrogen and oxygen atoms in total. The second-order valence-electron chi connectivity index (χ2n) is 6.94. The van der Waals surface area contributed by atoms with Crippen LogP contribution in [0.15, 0.2) is 105 Å². The van der Waals surface area contributed by atoms with Crippen LogP contribution in [0.1, 0.15) is 15.9 Å². The summed E-state index contributed by atoms with van der Waals surface area (Å²) in [7, 11) is 0. The summed E-state index contributed by atoms with van der Waals surface area (Å²) in [6.45, 7) is 0. The fourth-order valence-corrected chi connectivity index (χ4v) is 4.01. The van der Waals surface area contributed by atoms with Gasteiger partial charge >= 0.3 is 0 Å². The molecular weight excluding hydrogens is 452 g/mol. The Bertz CT molecular complexity index is 1550. The standard InChI is InChI=1S/C23H16N8O2S/c32-20(16-9-3-1-4-10-16)26-24-15-18-21(25-19-13-7-8-14-30(19)22(18)33)34-23-27-28-29-31(23)17-11-5-2-6-12-17/h1-15H,(H,26,32)/b24-15+. The second kappa shape index (κ2) is 9.46. The molecule has 0 spiro atoms. The summed E-state index contributed by atoms with van der Waals surface area (Å²) >= 11 is 1.13. The van der Waals surface area contributed by atoms with Gasteiger partial charge < -0.3 is 0 Å². The van der Waals surface area contributed by atoms with E-state index in [1.165, 1.54) is 10.6 Å². The van der Waals surface area contributed by atoms with Crippen LogP contribution in [0.5, 0.6) is 0 Å². The van der Waals surface area contributed by atoms with Crippen LogP contribution in [0.3, 0.4) is 0 Å². The molecule has 1 amide bonds. The molecule has 2 aromatic carbocycles. The van der Waals surface area contributed by atoms with Crippen molar-refractivity contribution in [2.24, 2.45) is 5.10 Å². The van der Waals surface area contributed by atoms with Crippen LogP contribution in [-0.2, 0) is 0 Å². The van der Waals surface area contributed by atoms with Crippen LogP contribution in [0.25, 0.3) is 11.3 Å². The maximum absolute atomic E-state index is 13.2. The molecule has 3 heterocycles. The van der Waals surface area contributed by atoms with Crippen molar-refractivity contribution in [3.05, 3.63) is 107 Å². The molecule has 3 aromatic heterocycles. The number of nitrogens with zero attached hydrogens (tertiary/aromatic N) is 7. The molecule has 0 saturated heterocycles. The number of para-hydroxylation sites is 1. The lowest BCUT2D eigenvalue weighted by Gasteiger charge is -2.08. The van der Waals surface area contributed by atoms with E-state index in [4.69, 9.17) is 0 Å². The summed E-state index contributed by atoms with van der Waals surface area (Å²) in [5.74, 6) is -0.395. The molecule has 166 valence electrons. The number of carbonyl (C=O) groups excluding carboxylic acids is 1. The van der Waals surface area contributed by atoms with Crippen LogP contribution in [0.4, 0.5) is 0 Å². The first-order valence-electron chi connectivity index (χ1n) is 10.1. The highest BCUT2D eigenvalue weighted by molar-refractivity contribution is 7.99. The van der Waals surface area contributed by atoms with Gasteiger partial charge in [-0.3, -0.25) is 14.0 Å². The zero-order valence-corrected chi connectivity index (χ0v) is 18.3. The summed E-state index contributed by atoms with van der Waals surface area (Å²) in [5.41, 5.74) is 3.96. The average Bonchev–Trinajstić information content (AvgIpc) is 3.35. The number of carbonyl (C=O) groups is 1. The van der Waals surface area contributed by atoms with Gasteiger partial charge in [0.15, 0.2) is 0 Å². The predicted molar refractivity (Wildman–Crippen MR) is 126 cm³/mol. The molecule has 0 atom stereocenters. The number of aromatic nitrogens is 6. The molecule has 0 aliphatic rings. The number of hydrazone groups is 1. The van der Waals surface area contributed by atoms with Crippen molar-refractivity contribution in [1.29, 1.82) is 0 Å². The fraction of sp³-hybridized carbons (Fsp3) is 0. The Hall–Kier alpha value is -4.64. The number of pyridine rings is 1. The zero-order valence-electron chi connectivity index (χ0n) is 17.5. The Balaban J connectivity index is 1.52. The minimum absolute atomic E-state index is 0.185. The number of hydrogen-bond acceptors (Lipinski definition) is 8. The number of fused-ring (bicyclic) bond motifs is 1. The fourth-order valence-electron chi connectivity index (χ4n) is 3.14. The summed E-state index contributed by atoms with van der Waals surface area (Å²) in [5, 5.41) is 16.7. The third-order valence-electron chi connectivity index (χ3n) is 4.76. The first kappa shape index (κ1) is 21.2. The number of amides is 1. The van der Waals surface area contributed by atoms with E-state index in [1.807, 2.05) is 36.4 Å². The van der Waals surface area contributed by atoms with E-state index >= 15 is 0 Å². The summed E-state index contributed by atoms with van der Waals surface area (Å²) in [4.78, 5) is 30.2.